The van der Waals surface area contributed by atoms with E-state index in [1.807, 2.05) is 42.5 Å². The van der Waals surface area contributed by atoms with Crippen LogP contribution in [0.5, 0.6) is 0 Å². The molecule has 0 amide bonds. The van der Waals surface area contributed by atoms with Crippen LogP contribution >= 0.6 is 23.4 Å². The molecule has 0 aliphatic carbocycles. The second-order valence-corrected chi connectivity index (χ2v) is 4.69. The lowest BCUT2D eigenvalue weighted by molar-refractivity contribution is 0.108. The third-order valence-corrected chi connectivity index (χ3v) is 3.21. The normalized spacial score (nSPS) is 10.1. The van der Waals surface area contributed by atoms with Crippen molar-refractivity contribution in [3.8, 4) is 0 Å². The van der Waals surface area contributed by atoms with E-state index >= 15 is 0 Å². The molecule has 1 nitrogen and oxygen atoms in total. The summed E-state index contributed by atoms with van der Waals surface area (Å²) in [6, 6.07) is 16.5. The summed E-state index contributed by atoms with van der Waals surface area (Å²) in [5, 5.41) is 0.722. The van der Waals surface area contributed by atoms with Crippen LogP contribution in [0.2, 0.25) is 5.02 Å². The van der Waals surface area contributed by atoms with E-state index in [0.717, 1.165) is 4.90 Å². The number of thioether (sulfide) groups is 1. The maximum atomic E-state index is 11.8. The quantitative estimate of drug-likeness (QED) is 0.739. The van der Waals surface area contributed by atoms with Crippen molar-refractivity contribution in [3.63, 3.8) is 0 Å². The lowest BCUT2D eigenvalue weighted by Crippen LogP contribution is -1.91. The van der Waals surface area contributed by atoms with Crippen molar-refractivity contribution in [2.45, 2.75) is 4.90 Å². The highest BCUT2D eigenvalue weighted by Crippen LogP contribution is 2.24. The van der Waals surface area contributed by atoms with Crippen LogP contribution in [0.25, 0.3) is 0 Å². The predicted molar refractivity (Wildman–Crippen MR) is 68.1 cm³/mol. The van der Waals surface area contributed by atoms with Crippen LogP contribution < -0.4 is 0 Å². The summed E-state index contributed by atoms with van der Waals surface area (Å²) in [7, 11) is 0. The van der Waals surface area contributed by atoms with Gasteiger partial charge in [0.15, 0.2) is 0 Å². The number of carbonyl (C=O) groups is 1. The van der Waals surface area contributed by atoms with Crippen molar-refractivity contribution in [1.82, 2.24) is 0 Å². The summed E-state index contributed by atoms with van der Waals surface area (Å²) in [6.45, 7) is 0. The summed E-state index contributed by atoms with van der Waals surface area (Å²) >= 11 is 6.98. The molecule has 2 aromatic carbocycles. The maximum Gasteiger partial charge on any atom is 0.224 e. The summed E-state index contributed by atoms with van der Waals surface area (Å²) in [5.41, 5.74) is 0.711. The fourth-order valence-electron chi connectivity index (χ4n) is 1.24. The minimum absolute atomic E-state index is 0.0444. The van der Waals surface area contributed by atoms with Gasteiger partial charge >= 0.3 is 0 Å². The second-order valence-electron chi connectivity index (χ2n) is 3.21. The van der Waals surface area contributed by atoms with E-state index in [4.69, 9.17) is 11.6 Å². The topological polar surface area (TPSA) is 17.1 Å². The van der Waals surface area contributed by atoms with E-state index in [2.05, 4.69) is 0 Å². The number of benzene rings is 2. The van der Waals surface area contributed by atoms with Gasteiger partial charge in [-0.25, -0.2) is 0 Å². The van der Waals surface area contributed by atoms with Crippen LogP contribution in [0.4, 0.5) is 0 Å². The molecule has 2 rings (SSSR count). The van der Waals surface area contributed by atoms with Gasteiger partial charge in [0.2, 0.25) is 5.12 Å². The molecule has 2 aromatic rings. The van der Waals surface area contributed by atoms with Crippen LogP contribution in [-0.4, -0.2) is 5.12 Å². The standard InChI is InChI=1S/C13H9ClOS/c14-11-6-8-12(9-7-11)16-13(15)10-4-2-1-3-5-10/h1-9H. The van der Waals surface area contributed by atoms with E-state index in [9.17, 15) is 4.79 Å². The van der Waals surface area contributed by atoms with Gasteiger partial charge in [0.05, 0.1) is 0 Å². The first-order valence-electron chi connectivity index (χ1n) is 4.78. The largest absolute Gasteiger partial charge is 0.281 e. The van der Waals surface area contributed by atoms with E-state index < -0.39 is 0 Å². The molecular weight excluding hydrogens is 240 g/mol. The molecule has 16 heavy (non-hydrogen) atoms. The SMILES string of the molecule is O=C(Sc1ccc(Cl)cc1)c1ccccc1. The number of hydrogen-bond donors (Lipinski definition) is 0. The van der Waals surface area contributed by atoms with Gasteiger partial charge in [-0.05, 0) is 36.0 Å². The molecule has 0 fully saturated rings. The van der Waals surface area contributed by atoms with Gasteiger partial charge in [-0.1, -0.05) is 41.9 Å². The number of hydrogen-bond acceptors (Lipinski definition) is 2. The van der Waals surface area contributed by atoms with Crippen LogP contribution in [0.15, 0.2) is 59.5 Å². The molecule has 0 aromatic heterocycles. The highest BCUT2D eigenvalue weighted by atomic mass is 35.5. The Morgan fingerprint density at radius 1 is 0.938 bits per heavy atom. The van der Waals surface area contributed by atoms with Crippen molar-refractivity contribution in [2.24, 2.45) is 0 Å². The molecule has 0 saturated heterocycles. The molecule has 80 valence electrons. The second kappa shape index (κ2) is 5.19. The maximum absolute atomic E-state index is 11.8. The minimum Gasteiger partial charge on any atom is -0.281 e. The predicted octanol–water partition coefficient (Wildman–Crippen LogP) is 4.27. The van der Waals surface area contributed by atoms with Crippen molar-refractivity contribution in [1.29, 1.82) is 0 Å². The lowest BCUT2D eigenvalue weighted by Gasteiger charge is -2.00. The molecule has 3 heteroatoms. The molecule has 0 aliphatic heterocycles. The highest BCUT2D eigenvalue weighted by Gasteiger charge is 2.06. The van der Waals surface area contributed by atoms with E-state index in [1.165, 1.54) is 11.8 Å². The molecule has 0 spiro atoms. The first-order valence-corrected chi connectivity index (χ1v) is 5.98. The third-order valence-electron chi connectivity index (χ3n) is 2.03. The van der Waals surface area contributed by atoms with E-state index in [1.54, 1.807) is 12.1 Å². The monoisotopic (exact) mass is 248 g/mol. The number of halogens is 1. The Kier molecular flexibility index (Phi) is 3.65. The van der Waals surface area contributed by atoms with Gasteiger partial charge in [0, 0.05) is 15.5 Å². The smallest absolute Gasteiger partial charge is 0.224 e. The highest BCUT2D eigenvalue weighted by molar-refractivity contribution is 8.14. The Balaban J connectivity index is 2.11. The minimum atomic E-state index is 0.0444. The van der Waals surface area contributed by atoms with Gasteiger partial charge in [-0.15, -0.1) is 0 Å². The lowest BCUT2D eigenvalue weighted by atomic mass is 10.2. The van der Waals surface area contributed by atoms with Crippen LogP contribution in [0, 0.1) is 0 Å². The molecule has 0 aliphatic rings. The van der Waals surface area contributed by atoms with Crippen LogP contribution in [-0.2, 0) is 0 Å². The van der Waals surface area contributed by atoms with Crippen LogP contribution in [0.1, 0.15) is 10.4 Å². The van der Waals surface area contributed by atoms with E-state index in [0.29, 0.717) is 10.6 Å². The van der Waals surface area contributed by atoms with Gasteiger partial charge in [-0.3, -0.25) is 4.79 Å². The zero-order chi connectivity index (χ0) is 11.4. The molecule has 0 atom stereocenters. The Labute approximate surface area is 103 Å². The molecule has 0 unspecified atom stereocenters. The Hall–Kier alpha value is -1.25. The average Bonchev–Trinajstić information content (AvgIpc) is 2.33. The third kappa shape index (κ3) is 2.87. The fraction of sp³-hybridized carbons (Fsp3) is 0. The zero-order valence-electron chi connectivity index (χ0n) is 8.39. The molecule has 0 bridgehead atoms. The molecule has 0 N–H and O–H groups in total. The first kappa shape index (κ1) is 11.2. The van der Waals surface area contributed by atoms with Crippen LogP contribution in [0.3, 0.4) is 0 Å². The molecule has 0 saturated carbocycles. The van der Waals surface area contributed by atoms with Crippen molar-refractivity contribution in [3.05, 3.63) is 65.2 Å². The summed E-state index contributed by atoms with van der Waals surface area (Å²) in [6.07, 6.45) is 0. The van der Waals surface area contributed by atoms with E-state index in [-0.39, 0.29) is 5.12 Å². The summed E-state index contributed by atoms with van der Waals surface area (Å²) in [5.74, 6) is 0. The van der Waals surface area contributed by atoms with Gasteiger partial charge in [0.25, 0.3) is 0 Å². The van der Waals surface area contributed by atoms with Gasteiger partial charge < -0.3 is 0 Å². The van der Waals surface area contributed by atoms with Gasteiger partial charge in [0.1, 0.15) is 0 Å². The number of carbonyl (C=O) groups excluding carboxylic acids is 1. The first-order chi connectivity index (χ1) is 7.75. The Bertz CT molecular complexity index is 479. The molecular formula is C13H9ClOS. The van der Waals surface area contributed by atoms with Crippen molar-refractivity contribution >= 4 is 28.5 Å². The Morgan fingerprint density at radius 3 is 2.19 bits per heavy atom. The van der Waals surface area contributed by atoms with Crippen molar-refractivity contribution < 1.29 is 4.79 Å². The average molecular weight is 249 g/mol. The number of rotatable bonds is 2. The molecule has 0 radical (unpaired) electrons. The Morgan fingerprint density at radius 2 is 1.56 bits per heavy atom. The fourth-order valence-corrected chi connectivity index (χ4v) is 2.11. The van der Waals surface area contributed by atoms with Gasteiger partial charge in [-0.2, -0.15) is 0 Å². The summed E-state index contributed by atoms with van der Waals surface area (Å²) < 4.78 is 0. The summed E-state index contributed by atoms with van der Waals surface area (Å²) in [4.78, 5) is 12.7. The zero-order valence-corrected chi connectivity index (χ0v) is 9.96. The van der Waals surface area contributed by atoms with Crippen molar-refractivity contribution in [2.75, 3.05) is 0 Å². The molecule has 0 heterocycles.